The van der Waals surface area contributed by atoms with Crippen LogP contribution in [0.3, 0.4) is 0 Å². The van der Waals surface area contributed by atoms with Crippen LogP contribution < -0.4 is 9.64 Å². The number of carbonyl (C=O) groups is 1. The number of ether oxygens (including phenoxy) is 1. The Hall–Kier alpha value is -2.89. The second kappa shape index (κ2) is 8.64. The summed E-state index contributed by atoms with van der Waals surface area (Å²) >= 11 is 6.81. The molecule has 1 heterocycles. The number of aryl methyl sites for hydroxylation is 1. The molecule has 29 heavy (non-hydrogen) atoms. The lowest BCUT2D eigenvalue weighted by Gasteiger charge is -2.16. The summed E-state index contributed by atoms with van der Waals surface area (Å²) in [6.45, 7) is 2.44. The van der Waals surface area contributed by atoms with Crippen LogP contribution in [-0.4, -0.2) is 10.2 Å². The maximum atomic E-state index is 13.1. The van der Waals surface area contributed by atoms with Crippen molar-refractivity contribution >= 4 is 46.0 Å². The number of amides is 1. The summed E-state index contributed by atoms with van der Waals surface area (Å²) in [5.41, 5.74) is 3.78. The topological polar surface area (TPSA) is 29.5 Å². The van der Waals surface area contributed by atoms with Crippen LogP contribution in [0.2, 0.25) is 0 Å². The Kier molecular flexibility index (Phi) is 5.79. The maximum Gasteiger partial charge on any atom is 0.270 e. The summed E-state index contributed by atoms with van der Waals surface area (Å²) < 4.78 is 6.55. The Morgan fingerprint density at radius 2 is 1.66 bits per heavy atom. The van der Waals surface area contributed by atoms with Crippen LogP contribution in [0, 0.1) is 6.92 Å². The van der Waals surface area contributed by atoms with Crippen molar-refractivity contribution < 1.29 is 9.53 Å². The van der Waals surface area contributed by atoms with Gasteiger partial charge in [-0.25, -0.2) is 0 Å². The number of carbonyl (C=O) groups excluding carboxylic acids is 1. The van der Waals surface area contributed by atoms with Gasteiger partial charge in [-0.1, -0.05) is 90.7 Å². The summed E-state index contributed by atoms with van der Waals surface area (Å²) in [6.07, 6.45) is 1.86. The number of thiocarbonyl (C=S) groups is 1. The molecule has 1 fully saturated rings. The zero-order chi connectivity index (χ0) is 20.2. The number of para-hydroxylation sites is 2. The van der Waals surface area contributed by atoms with Crippen molar-refractivity contribution in [2.75, 3.05) is 4.90 Å². The van der Waals surface area contributed by atoms with Gasteiger partial charge in [-0.2, -0.15) is 0 Å². The van der Waals surface area contributed by atoms with E-state index in [-0.39, 0.29) is 5.91 Å². The molecule has 0 aromatic heterocycles. The van der Waals surface area contributed by atoms with E-state index in [2.05, 4.69) is 0 Å². The molecule has 1 saturated heterocycles. The van der Waals surface area contributed by atoms with Crippen molar-refractivity contribution in [3.63, 3.8) is 0 Å². The highest BCUT2D eigenvalue weighted by Crippen LogP contribution is 2.38. The zero-order valence-electron chi connectivity index (χ0n) is 15.9. The van der Waals surface area contributed by atoms with E-state index in [1.165, 1.54) is 11.8 Å². The molecule has 144 valence electrons. The molecular formula is C24H19NO2S2. The molecule has 0 radical (unpaired) electrons. The first-order valence-corrected chi connectivity index (χ1v) is 10.5. The zero-order valence-corrected chi connectivity index (χ0v) is 17.5. The second-order valence-electron chi connectivity index (χ2n) is 6.62. The summed E-state index contributed by atoms with van der Waals surface area (Å²) in [4.78, 5) is 15.3. The van der Waals surface area contributed by atoms with Crippen LogP contribution >= 0.6 is 24.0 Å². The molecule has 0 atom stereocenters. The van der Waals surface area contributed by atoms with Crippen LogP contribution in [-0.2, 0) is 11.4 Å². The molecule has 3 nitrogen and oxygen atoms in total. The van der Waals surface area contributed by atoms with Crippen LogP contribution in [0.1, 0.15) is 16.7 Å². The van der Waals surface area contributed by atoms with Crippen LogP contribution in [0.5, 0.6) is 5.75 Å². The molecular weight excluding hydrogens is 398 g/mol. The molecule has 0 aliphatic carbocycles. The van der Waals surface area contributed by atoms with Crippen LogP contribution in [0.15, 0.2) is 83.8 Å². The van der Waals surface area contributed by atoms with Gasteiger partial charge < -0.3 is 4.74 Å². The molecule has 0 bridgehead atoms. The molecule has 0 spiro atoms. The lowest BCUT2D eigenvalue weighted by atomic mass is 10.1. The first kappa shape index (κ1) is 19.4. The van der Waals surface area contributed by atoms with E-state index in [0.717, 1.165) is 28.1 Å². The van der Waals surface area contributed by atoms with E-state index in [1.807, 2.05) is 91.9 Å². The molecule has 0 N–H and O–H groups in total. The first-order chi connectivity index (χ1) is 14.1. The number of nitrogens with zero attached hydrogens (tertiary/aromatic N) is 1. The van der Waals surface area contributed by atoms with Crippen molar-refractivity contribution in [3.05, 3.63) is 100 Å². The largest absolute Gasteiger partial charge is 0.488 e. The molecule has 0 unspecified atom stereocenters. The van der Waals surface area contributed by atoms with Gasteiger partial charge in [0.05, 0.1) is 10.6 Å². The Bertz CT molecular complexity index is 1090. The molecule has 3 aromatic rings. The van der Waals surface area contributed by atoms with Crippen molar-refractivity contribution in [2.45, 2.75) is 13.5 Å². The fraction of sp³-hybridized carbons (Fsp3) is 0.0833. The molecule has 4 rings (SSSR count). The van der Waals surface area contributed by atoms with E-state index >= 15 is 0 Å². The average Bonchev–Trinajstić information content (AvgIpc) is 3.01. The fourth-order valence-corrected chi connectivity index (χ4v) is 4.37. The van der Waals surface area contributed by atoms with Gasteiger partial charge in [0.1, 0.15) is 12.4 Å². The van der Waals surface area contributed by atoms with Gasteiger partial charge in [-0.05, 0) is 36.3 Å². The predicted octanol–water partition coefficient (Wildman–Crippen LogP) is 5.98. The third-order valence-electron chi connectivity index (χ3n) is 4.59. The average molecular weight is 418 g/mol. The van der Waals surface area contributed by atoms with Gasteiger partial charge in [0, 0.05) is 5.56 Å². The lowest BCUT2D eigenvalue weighted by Crippen LogP contribution is -2.28. The highest BCUT2D eigenvalue weighted by molar-refractivity contribution is 8.27. The van der Waals surface area contributed by atoms with Crippen molar-refractivity contribution in [1.29, 1.82) is 0 Å². The third kappa shape index (κ3) is 4.26. The molecule has 1 aliphatic heterocycles. The Labute approximate surface area is 180 Å². The summed E-state index contributed by atoms with van der Waals surface area (Å²) in [6, 6.07) is 25.5. The van der Waals surface area contributed by atoms with Gasteiger partial charge in [0.2, 0.25) is 0 Å². The monoisotopic (exact) mass is 417 g/mol. The van der Waals surface area contributed by atoms with Crippen molar-refractivity contribution in [3.8, 4) is 5.75 Å². The standard InChI is InChI=1S/C24H19NO2S2/c1-17-9-5-7-13-20(17)25-23(26)22(29-24(25)28)15-19-12-6-8-14-21(19)27-16-18-10-3-2-4-11-18/h2-15H,16H2,1H3/b22-15+. The predicted molar refractivity (Wildman–Crippen MR) is 124 cm³/mol. The van der Waals surface area contributed by atoms with E-state index in [9.17, 15) is 4.79 Å². The van der Waals surface area contributed by atoms with E-state index < -0.39 is 0 Å². The summed E-state index contributed by atoms with van der Waals surface area (Å²) in [7, 11) is 0. The minimum atomic E-state index is -0.104. The van der Waals surface area contributed by atoms with E-state index in [0.29, 0.717) is 15.8 Å². The van der Waals surface area contributed by atoms with E-state index in [4.69, 9.17) is 17.0 Å². The number of benzene rings is 3. The van der Waals surface area contributed by atoms with Crippen LogP contribution in [0.4, 0.5) is 5.69 Å². The molecule has 3 aromatic carbocycles. The molecule has 5 heteroatoms. The Balaban J connectivity index is 1.59. The Morgan fingerprint density at radius 1 is 0.966 bits per heavy atom. The maximum absolute atomic E-state index is 13.1. The Morgan fingerprint density at radius 3 is 2.45 bits per heavy atom. The highest BCUT2D eigenvalue weighted by atomic mass is 32.2. The minimum absolute atomic E-state index is 0.104. The first-order valence-electron chi connectivity index (χ1n) is 9.23. The quantitative estimate of drug-likeness (QED) is 0.377. The summed E-state index contributed by atoms with van der Waals surface area (Å²) in [5, 5.41) is 0. The highest BCUT2D eigenvalue weighted by Gasteiger charge is 2.34. The van der Waals surface area contributed by atoms with Crippen LogP contribution in [0.25, 0.3) is 6.08 Å². The van der Waals surface area contributed by atoms with Gasteiger partial charge in [-0.3, -0.25) is 9.69 Å². The number of rotatable bonds is 5. The number of hydrogen-bond acceptors (Lipinski definition) is 4. The number of thioether (sulfide) groups is 1. The third-order valence-corrected chi connectivity index (χ3v) is 5.89. The minimum Gasteiger partial charge on any atom is -0.488 e. The molecule has 1 aliphatic rings. The lowest BCUT2D eigenvalue weighted by molar-refractivity contribution is -0.113. The summed E-state index contributed by atoms with van der Waals surface area (Å²) in [5.74, 6) is 0.629. The van der Waals surface area contributed by atoms with Gasteiger partial charge in [0.15, 0.2) is 4.32 Å². The van der Waals surface area contributed by atoms with Crippen molar-refractivity contribution in [2.24, 2.45) is 0 Å². The van der Waals surface area contributed by atoms with E-state index in [1.54, 1.807) is 4.90 Å². The smallest absolute Gasteiger partial charge is 0.270 e. The van der Waals surface area contributed by atoms with Gasteiger partial charge in [0.25, 0.3) is 5.91 Å². The van der Waals surface area contributed by atoms with Gasteiger partial charge >= 0.3 is 0 Å². The van der Waals surface area contributed by atoms with Crippen molar-refractivity contribution in [1.82, 2.24) is 0 Å². The molecule has 0 saturated carbocycles. The normalized spacial score (nSPS) is 15.2. The number of hydrogen-bond donors (Lipinski definition) is 0. The molecule has 1 amide bonds. The second-order valence-corrected chi connectivity index (χ2v) is 8.29. The SMILES string of the molecule is Cc1ccccc1N1C(=O)/C(=C\c2ccccc2OCc2ccccc2)SC1=S. The fourth-order valence-electron chi connectivity index (χ4n) is 3.10. The van der Waals surface area contributed by atoms with Gasteiger partial charge in [-0.15, -0.1) is 0 Å². The number of anilines is 1.